The Labute approximate surface area is 107 Å². The first-order valence-electron chi connectivity index (χ1n) is 7.59. The third-order valence-corrected chi connectivity index (χ3v) is 7.62. The first-order valence-corrected chi connectivity index (χ1v) is 7.59. The highest BCUT2D eigenvalue weighted by Crippen LogP contribution is 2.86. The second kappa shape index (κ2) is 2.43. The second-order valence-corrected chi connectivity index (χ2v) is 7.52. The van der Waals surface area contributed by atoms with Crippen LogP contribution in [-0.2, 0) is 5.60 Å². The average Bonchev–Trinajstić information content (AvgIpc) is 2.89. The Balaban J connectivity index is 1.61. The quantitative estimate of drug-likeness (QED) is 0.797. The molecule has 5 aliphatic carbocycles. The molecule has 0 aliphatic heterocycles. The lowest BCUT2D eigenvalue weighted by molar-refractivity contribution is -0.136. The Kier molecular flexibility index (Phi) is 1.23. The summed E-state index contributed by atoms with van der Waals surface area (Å²) in [6.07, 6.45) is 2.90. The molecule has 9 atom stereocenters. The first kappa shape index (κ1) is 9.14. The Hall–Kier alpha value is -0.820. The maximum atomic E-state index is 11.5. The Morgan fingerprint density at radius 2 is 1.56 bits per heavy atom. The molecule has 5 aliphatic rings. The summed E-state index contributed by atoms with van der Waals surface area (Å²) in [5.41, 5.74) is 0.773. The van der Waals surface area contributed by atoms with Crippen LogP contribution in [0, 0.1) is 47.3 Å². The zero-order chi connectivity index (χ0) is 11.6. The highest BCUT2D eigenvalue weighted by Gasteiger charge is 2.84. The van der Waals surface area contributed by atoms with Gasteiger partial charge < -0.3 is 5.11 Å². The molecule has 1 aromatic carbocycles. The van der Waals surface area contributed by atoms with E-state index in [1.54, 1.807) is 0 Å². The monoisotopic (exact) mass is 238 g/mol. The molecular formula is C17H18O. The van der Waals surface area contributed by atoms with Gasteiger partial charge in [0.25, 0.3) is 0 Å². The van der Waals surface area contributed by atoms with Gasteiger partial charge in [-0.1, -0.05) is 30.3 Å². The topological polar surface area (TPSA) is 20.2 Å². The van der Waals surface area contributed by atoms with Crippen molar-refractivity contribution in [2.24, 2.45) is 47.3 Å². The fourth-order valence-corrected chi connectivity index (χ4v) is 7.64. The van der Waals surface area contributed by atoms with Gasteiger partial charge in [-0.15, -0.1) is 0 Å². The number of fused-ring (bicyclic) bond motifs is 2. The summed E-state index contributed by atoms with van der Waals surface area (Å²) >= 11 is 0. The van der Waals surface area contributed by atoms with Crippen LogP contribution in [0.25, 0.3) is 0 Å². The van der Waals surface area contributed by atoms with Crippen LogP contribution < -0.4 is 0 Å². The zero-order valence-corrected chi connectivity index (χ0v) is 10.4. The van der Waals surface area contributed by atoms with E-state index in [-0.39, 0.29) is 0 Å². The Morgan fingerprint density at radius 3 is 2.39 bits per heavy atom. The molecule has 1 N–H and O–H groups in total. The fraction of sp³-hybridized carbons (Fsp3) is 0.647. The molecule has 1 aromatic rings. The molecule has 1 heteroatoms. The molecule has 1 nitrogen and oxygen atoms in total. The van der Waals surface area contributed by atoms with E-state index in [1.165, 1.54) is 18.4 Å². The van der Waals surface area contributed by atoms with Gasteiger partial charge in [-0.3, -0.25) is 0 Å². The molecule has 5 fully saturated rings. The summed E-state index contributed by atoms with van der Waals surface area (Å²) in [6, 6.07) is 10.6. The van der Waals surface area contributed by atoms with Gasteiger partial charge in [0, 0.05) is 0 Å². The molecule has 6 rings (SSSR count). The minimum Gasteiger partial charge on any atom is -0.385 e. The van der Waals surface area contributed by atoms with E-state index in [1.807, 2.05) is 0 Å². The summed E-state index contributed by atoms with van der Waals surface area (Å²) in [5.74, 6) is 6.76. The predicted molar refractivity (Wildman–Crippen MR) is 67.5 cm³/mol. The van der Waals surface area contributed by atoms with E-state index in [4.69, 9.17) is 0 Å². The van der Waals surface area contributed by atoms with Crippen molar-refractivity contribution in [2.45, 2.75) is 18.4 Å². The van der Waals surface area contributed by atoms with Crippen LogP contribution >= 0.6 is 0 Å². The summed E-state index contributed by atoms with van der Waals surface area (Å²) in [5, 5.41) is 11.5. The SMILES string of the molecule is OC1(c2ccccc2)C2C3CC4C5C3CC2C5C41. The van der Waals surface area contributed by atoms with Crippen molar-refractivity contribution >= 4 is 0 Å². The predicted octanol–water partition coefficient (Wildman–Crippen LogP) is 2.65. The van der Waals surface area contributed by atoms with Crippen molar-refractivity contribution in [3.63, 3.8) is 0 Å². The maximum absolute atomic E-state index is 11.5. The summed E-state index contributed by atoms with van der Waals surface area (Å²) in [6.45, 7) is 0. The van der Waals surface area contributed by atoms with E-state index >= 15 is 0 Å². The average molecular weight is 238 g/mol. The molecule has 0 spiro atoms. The lowest BCUT2D eigenvalue weighted by Crippen LogP contribution is -2.52. The van der Waals surface area contributed by atoms with E-state index in [0.29, 0.717) is 11.8 Å². The fourth-order valence-electron chi connectivity index (χ4n) is 7.64. The van der Waals surface area contributed by atoms with E-state index < -0.39 is 5.60 Å². The van der Waals surface area contributed by atoms with Gasteiger partial charge in [0.2, 0.25) is 0 Å². The third-order valence-electron chi connectivity index (χ3n) is 7.62. The van der Waals surface area contributed by atoms with Crippen LogP contribution in [0.3, 0.4) is 0 Å². The van der Waals surface area contributed by atoms with Crippen molar-refractivity contribution in [3.05, 3.63) is 35.9 Å². The van der Waals surface area contributed by atoms with Gasteiger partial charge in [-0.25, -0.2) is 0 Å². The van der Waals surface area contributed by atoms with Gasteiger partial charge in [0.15, 0.2) is 0 Å². The molecule has 2 bridgehead atoms. The summed E-state index contributed by atoms with van der Waals surface area (Å²) < 4.78 is 0. The molecule has 0 aromatic heterocycles. The van der Waals surface area contributed by atoms with Crippen molar-refractivity contribution in [2.75, 3.05) is 0 Å². The standard InChI is InChI=1S/C17H18O/c18-17(8-4-2-1-3-5-8)15-10-7-11-13-9(10)6-12(15)14(13)16(11)17/h1-5,9-16,18H,6-7H2. The molecule has 18 heavy (non-hydrogen) atoms. The number of hydrogen-bond acceptors (Lipinski definition) is 1. The molecule has 5 saturated carbocycles. The van der Waals surface area contributed by atoms with Crippen LogP contribution in [0.15, 0.2) is 30.3 Å². The van der Waals surface area contributed by atoms with Gasteiger partial charge in [0.05, 0.1) is 5.60 Å². The smallest absolute Gasteiger partial charge is 0.0963 e. The largest absolute Gasteiger partial charge is 0.385 e. The molecule has 0 saturated heterocycles. The van der Waals surface area contributed by atoms with Crippen molar-refractivity contribution in [1.82, 2.24) is 0 Å². The van der Waals surface area contributed by atoms with Gasteiger partial charge in [-0.2, -0.15) is 0 Å². The summed E-state index contributed by atoms with van der Waals surface area (Å²) in [7, 11) is 0. The molecule has 0 heterocycles. The van der Waals surface area contributed by atoms with E-state index in [9.17, 15) is 5.11 Å². The maximum Gasteiger partial charge on any atom is 0.0963 e. The second-order valence-electron chi connectivity index (χ2n) is 7.52. The van der Waals surface area contributed by atoms with E-state index in [0.717, 1.165) is 35.5 Å². The lowest BCUT2D eigenvalue weighted by Gasteiger charge is -2.51. The Morgan fingerprint density at radius 1 is 0.833 bits per heavy atom. The molecule has 0 radical (unpaired) electrons. The summed E-state index contributed by atoms with van der Waals surface area (Å²) in [4.78, 5) is 0. The van der Waals surface area contributed by atoms with Gasteiger partial charge in [-0.05, 0) is 65.7 Å². The van der Waals surface area contributed by atoms with E-state index in [2.05, 4.69) is 30.3 Å². The van der Waals surface area contributed by atoms with Crippen molar-refractivity contribution in [1.29, 1.82) is 0 Å². The number of hydrogen-bond donors (Lipinski definition) is 1. The van der Waals surface area contributed by atoms with Crippen LogP contribution in [0.1, 0.15) is 18.4 Å². The minimum atomic E-state index is -0.452. The number of benzene rings is 1. The third kappa shape index (κ3) is 0.638. The van der Waals surface area contributed by atoms with Crippen molar-refractivity contribution in [3.8, 4) is 0 Å². The first-order chi connectivity index (χ1) is 8.82. The van der Waals surface area contributed by atoms with Crippen LogP contribution in [0.5, 0.6) is 0 Å². The normalized spacial score (nSPS) is 64.7. The zero-order valence-electron chi connectivity index (χ0n) is 10.4. The minimum absolute atomic E-state index is 0.452. The lowest BCUT2D eigenvalue weighted by atomic mass is 9.55. The Bertz CT molecular complexity index is 546. The number of aliphatic hydroxyl groups is 1. The highest BCUT2D eigenvalue weighted by atomic mass is 16.3. The number of rotatable bonds is 1. The van der Waals surface area contributed by atoms with Gasteiger partial charge in [0.1, 0.15) is 0 Å². The molecular weight excluding hydrogens is 220 g/mol. The van der Waals surface area contributed by atoms with Crippen molar-refractivity contribution < 1.29 is 5.11 Å². The van der Waals surface area contributed by atoms with Crippen LogP contribution in [0.2, 0.25) is 0 Å². The van der Waals surface area contributed by atoms with Gasteiger partial charge >= 0.3 is 0 Å². The van der Waals surface area contributed by atoms with Crippen LogP contribution in [-0.4, -0.2) is 5.11 Å². The molecule has 9 unspecified atom stereocenters. The van der Waals surface area contributed by atoms with Crippen LogP contribution in [0.4, 0.5) is 0 Å². The molecule has 0 amide bonds. The molecule has 92 valence electrons. The highest BCUT2D eigenvalue weighted by molar-refractivity contribution is 5.39.